The van der Waals surface area contributed by atoms with Gasteiger partial charge in [-0.2, -0.15) is 9.97 Å². The number of nitrogens with one attached hydrogen (secondary N) is 1. The third-order valence-electron chi connectivity index (χ3n) is 3.80. The Morgan fingerprint density at radius 3 is 2.65 bits per heavy atom. The molecule has 2 heterocycles. The molecule has 1 aliphatic heterocycles. The van der Waals surface area contributed by atoms with Crippen LogP contribution in [0.25, 0.3) is 0 Å². The van der Waals surface area contributed by atoms with Crippen molar-refractivity contribution in [3.63, 3.8) is 0 Å². The average molecular weight is 278 g/mol. The number of piperidine rings is 1. The van der Waals surface area contributed by atoms with Gasteiger partial charge in [-0.15, -0.1) is 0 Å². The highest BCUT2D eigenvalue weighted by Gasteiger charge is 2.22. The second-order valence-corrected chi connectivity index (χ2v) is 5.58. The van der Waals surface area contributed by atoms with Crippen molar-refractivity contribution in [2.45, 2.75) is 32.2 Å². The van der Waals surface area contributed by atoms with Crippen molar-refractivity contribution in [1.29, 1.82) is 0 Å². The van der Waals surface area contributed by atoms with Gasteiger partial charge in [0, 0.05) is 31.7 Å². The van der Waals surface area contributed by atoms with Crippen LogP contribution in [0.3, 0.4) is 0 Å². The number of rotatable bonds is 5. The zero-order valence-electron chi connectivity index (χ0n) is 12.8. The summed E-state index contributed by atoms with van der Waals surface area (Å²) in [5.41, 5.74) is 5.82. The van der Waals surface area contributed by atoms with Crippen LogP contribution < -0.4 is 16.0 Å². The normalized spacial score (nSPS) is 16.7. The lowest BCUT2D eigenvalue weighted by molar-refractivity contribution is 0.249. The molecule has 0 unspecified atom stereocenters. The molecule has 0 radical (unpaired) electrons. The van der Waals surface area contributed by atoms with E-state index >= 15 is 0 Å². The van der Waals surface area contributed by atoms with Crippen LogP contribution in [0.4, 0.5) is 17.6 Å². The van der Waals surface area contributed by atoms with E-state index in [0.29, 0.717) is 12.0 Å². The average Bonchev–Trinajstić information content (AvgIpc) is 2.44. The molecule has 0 atom stereocenters. The van der Waals surface area contributed by atoms with Crippen LogP contribution >= 0.6 is 0 Å². The van der Waals surface area contributed by atoms with Gasteiger partial charge in [-0.25, -0.2) is 0 Å². The minimum Gasteiger partial charge on any atom is -0.370 e. The third kappa shape index (κ3) is 3.72. The van der Waals surface area contributed by atoms with Crippen LogP contribution in [0.5, 0.6) is 0 Å². The second kappa shape index (κ2) is 6.74. The maximum Gasteiger partial charge on any atom is 0.223 e. The lowest BCUT2D eigenvalue weighted by Gasteiger charge is -2.35. The van der Waals surface area contributed by atoms with Gasteiger partial charge in [0.2, 0.25) is 5.95 Å². The molecule has 20 heavy (non-hydrogen) atoms. The summed E-state index contributed by atoms with van der Waals surface area (Å²) in [6.45, 7) is 5.07. The van der Waals surface area contributed by atoms with Crippen LogP contribution in [-0.4, -0.2) is 54.6 Å². The molecule has 0 aromatic carbocycles. The molecule has 1 aromatic heterocycles. The van der Waals surface area contributed by atoms with Crippen LogP contribution in [0.15, 0.2) is 6.07 Å². The van der Waals surface area contributed by atoms with E-state index in [4.69, 9.17) is 5.73 Å². The lowest BCUT2D eigenvalue weighted by Crippen LogP contribution is -2.42. The fraction of sp³-hybridized carbons (Fsp3) is 0.714. The Morgan fingerprint density at radius 1 is 1.35 bits per heavy atom. The van der Waals surface area contributed by atoms with Crippen molar-refractivity contribution in [2.75, 3.05) is 49.7 Å². The molecule has 1 fully saturated rings. The Bertz CT molecular complexity index is 426. The zero-order valence-corrected chi connectivity index (χ0v) is 12.8. The summed E-state index contributed by atoms with van der Waals surface area (Å²) in [7, 11) is 4.30. The van der Waals surface area contributed by atoms with E-state index in [-0.39, 0.29) is 0 Å². The van der Waals surface area contributed by atoms with E-state index in [1.165, 1.54) is 0 Å². The van der Waals surface area contributed by atoms with Crippen molar-refractivity contribution in [1.82, 2.24) is 14.9 Å². The largest absolute Gasteiger partial charge is 0.370 e. The highest BCUT2D eigenvalue weighted by atomic mass is 15.2. The molecular weight excluding hydrogens is 252 g/mol. The molecule has 1 aliphatic rings. The number of nitrogens with two attached hydrogens (primary N) is 1. The van der Waals surface area contributed by atoms with Gasteiger partial charge in [0.1, 0.15) is 11.6 Å². The molecule has 3 N–H and O–H groups in total. The van der Waals surface area contributed by atoms with Gasteiger partial charge in [-0.1, -0.05) is 6.92 Å². The first-order valence-corrected chi connectivity index (χ1v) is 7.40. The van der Waals surface area contributed by atoms with Gasteiger partial charge in [-0.05, 0) is 33.4 Å². The molecule has 2 rings (SSSR count). The molecule has 0 spiro atoms. The summed E-state index contributed by atoms with van der Waals surface area (Å²) >= 11 is 0. The first-order chi connectivity index (χ1) is 9.60. The quantitative estimate of drug-likeness (QED) is 0.848. The lowest BCUT2D eigenvalue weighted by atomic mass is 10.0. The predicted molar refractivity (Wildman–Crippen MR) is 84.1 cm³/mol. The summed E-state index contributed by atoms with van der Waals surface area (Å²) in [5.74, 6) is 2.10. The van der Waals surface area contributed by atoms with Crippen LogP contribution in [-0.2, 0) is 0 Å². The number of aromatic nitrogens is 2. The van der Waals surface area contributed by atoms with E-state index in [0.717, 1.165) is 50.5 Å². The Morgan fingerprint density at radius 2 is 2.05 bits per heavy atom. The van der Waals surface area contributed by atoms with Gasteiger partial charge in [-0.3, -0.25) is 0 Å². The van der Waals surface area contributed by atoms with Crippen molar-refractivity contribution in [3.8, 4) is 0 Å². The van der Waals surface area contributed by atoms with Gasteiger partial charge < -0.3 is 20.9 Å². The number of nitrogen functional groups attached to an aromatic ring is 1. The zero-order chi connectivity index (χ0) is 14.5. The van der Waals surface area contributed by atoms with Crippen molar-refractivity contribution in [2.24, 2.45) is 0 Å². The summed E-state index contributed by atoms with van der Waals surface area (Å²) in [5, 5.41) is 3.28. The molecule has 6 nitrogen and oxygen atoms in total. The van der Waals surface area contributed by atoms with E-state index < -0.39 is 0 Å². The van der Waals surface area contributed by atoms with Crippen molar-refractivity contribution < 1.29 is 0 Å². The molecule has 0 bridgehead atoms. The molecular formula is C14H26N6. The monoisotopic (exact) mass is 278 g/mol. The van der Waals surface area contributed by atoms with E-state index in [1.54, 1.807) is 0 Å². The highest BCUT2D eigenvalue weighted by molar-refractivity contribution is 5.52. The van der Waals surface area contributed by atoms with Crippen LogP contribution in [0, 0.1) is 0 Å². The van der Waals surface area contributed by atoms with E-state index in [1.807, 2.05) is 6.07 Å². The van der Waals surface area contributed by atoms with E-state index in [2.05, 4.69) is 46.1 Å². The van der Waals surface area contributed by atoms with Crippen LogP contribution in [0.2, 0.25) is 0 Å². The Kier molecular flexibility index (Phi) is 5.00. The molecule has 1 saturated heterocycles. The summed E-state index contributed by atoms with van der Waals surface area (Å²) in [6.07, 6.45) is 3.39. The fourth-order valence-corrected chi connectivity index (χ4v) is 2.57. The Hall–Kier alpha value is -1.56. The van der Waals surface area contributed by atoms with Gasteiger partial charge in [0.05, 0.1) is 0 Å². The molecule has 6 heteroatoms. The first-order valence-electron chi connectivity index (χ1n) is 7.40. The van der Waals surface area contributed by atoms with E-state index in [9.17, 15) is 0 Å². The fourth-order valence-electron chi connectivity index (χ4n) is 2.57. The molecule has 112 valence electrons. The number of hydrogen-bond acceptors (Lipinski definition) is 6. The summed E-state index contributed by atoms with van der Waals surface area (Å²) < 4.78 is 0. The third-order valence-corrected chi connectivity index (χ3v) is 3.80. The maximum absolute atomic E-state index is 5.82. The minimum atomic E-state index is 0.343. The van der Waals surface area contributed by atoms with Gasteiger partial charge in [0.25, 0.3) is 0 Å². The Balaban J connectivity index is 2.03. The van der Waals surface area contributed by atoms with Gasteiger partial charge in [0.15, 0.2) is 0 Å². The van der Waals surface area contributed by atoms with Crippen LogP contribution in [0.1, 0.15) is 26.2 Å². The predicted octanol–water partition coefficient (Wildman–Crippen LogP) is 1.41. The standard InChI is InChI=1S/C14H26N6/c1-4-7-16-12-10-13(18-14(15)17-12)20-8-5-11(6-9-20)19(2)3/h10-11H,4-9H2,1-3H3,(H3,15,16,17,18). The number of anilines is 3. The number of hydrogen-bond donors (Lipinski definition) is 2. The second-order valence-electron chi connectivity index (χ2n) is 5.58. The highest BCUT2D eigenvalue weighted by Crippen LogP contribution is 2.22. The molecule has 1 aromatic rings. The minimum absolute atomic E-state index is 0.343. The van der Waals surface area contributed by atoms with Gasteiger partial charge >= 0.3 is 0 Å². The summed E-state index contributed by atoms with van der Waals surface area (Å²) in [4.78, 5) is 13.2. The Labute approximate surface area is 121 Å². The SMILES string of the molecule is CCCNc1cc(N2CCC(N(C)C)CC2)nc(N)n1. The molecule has 0 aliphatic carbocycles. The first kappa shape index (κ1) is 14.8. The maximum atomic E-state index is 5.82. The topological polar surface area (TPSA) is 70.3 Å². The summed E-state index contributed by atoms with van der Waals surface area (Å²) in [6, 6.07) is 2.67. The van der Waals surface area contributed by atoms with Crippen molar-refractivity contribution >= 4 is 17.6 Å². The molecule has 0 saturated carbocycles. The smallest absolute Gasteiger partial charge is 0.223 e. The number of nitrogens with zero attached hydrogens (tertiary/aromatic N) is 4. The molecule has 0 amide bonds. The van der Waals surface area contributed by atoms with Crippen molar-refractivity contribution in [3.05, 3.63) is 6.07 Å².